The van der Waals surface area contributed by atoms with E-state index in [0.717, 1.165) is 48.7 Å². The first-order valence-corrected chi connectivity index (χ1v) is 11.4. The summed E-state index contributed by atoms with van der Waals surface area (Å²) in [7, 11) is 3.30. The highest BCUT2D eigenvalue weighted by molar-refractivity contribution is 5.99. The van der Waals surface area contributed by atoms with E-state index in [1.807, 2.05) is 43.3 Å². The molecule has 8 nitrogen and oxygen atoms in total. The number of carbonyl (C=O) groups is 1. The summed E-state index contributed by atoms with van der Waals surface area (Å²) in [6.45, 7) is 5.93. The minimum Gasteiger partial charge on any atom is -0.495 e. The van der Waals surface area contributed by atoms with Gasteiger partial charge >= 0.3 is 0 Å². The lowest BCUT2D eigenvalue weighted by Gasteiger charge is -2.37. The van der Waals surface area contributed by atoms with Gasteiger partial charge in [-0.3, -0.25) is 4.79 Å². The van der Waals surface area contributed by atoms with E-state index in [-0.39, 0.29) is 5.91 Å². The van der Waals surface area contributed by atoms with Gasteiger partial charge in [0.05, 0.1) is 19.4 Å². The molecule has 1 N–H and O–H groups in total. The van der Waals surface area contributed by atoms with E-state index in [9.17, 15) is 4.79 Å². The average molecular weight is 462 g/mol. The lowest BCUT2D eigenvalue weighted by atomic mass is 10.1. The van der Waals surface area contributed by atoms with Crippen LogP contribution in [0.25, 0.3) is 11.4 Å². The van der Waals surface area contributed by atoms with Gasteiger partial charge in [0.15, 0.2) is 5.82 Å². The van der Waals surface area contributed by atoms with E-state index in [1.54, 1.807) is 20.4 Å². The summed E-state index contributed by atoms with van der Waals surface area (Å²) in [5.74, 6) is 1.92. The van der Waals surface area contributed by atoms with Crippen LogP contribution in [0.2, 0.25) is 0 Å². The fourth-order valence-electron chi connectivity index (χ4n) is 4.11. The van der Waals surface area contributed by atoms with Gasteiger partial charge in [-0.1, -0.05) is 35.9 Å². The number of piperazine rings is 1. The number of aromatic nitrogens is 2. The molecule has 0 radical (unpaired) electrons. The van der Waals surface area contributed by atoms with E-state index < -0.39 is 0 Å². The van der Waals surface area contributed by atoms with Gasteiger partial charge in [-0.2, -0.15) is 0 Å². The fraction of sp³-hybridized carbons (Fsp3) is 0.346. The second-order valence-electron chi connectivity index (χ2n) is 8.20. The highest BCUT2D eigenvalue weighted by Gasteiger charge is 2.25. The molecule has 1 aliphatic rings. The summed E-state index contributed by atoms with van der Waals surface area (Å²) in [6, 6.07) is 16.1. The van der Waals surface area contributed by atoms with E-state index in [1.165, 1.54) is 0 Å². The van der Waals surface area contributed by atoms with Crippen molar-refractivity contribution in [2.45, 2.75) is 6.92 Å². The molecule has 2 aromatic carbocycles. The summed E-state index contributed by atoms with van der Waals surface area (Å²) in [4.78, 5) is 26.8. The molecule has 0 aliphatic carbocycles. The van der Waals surface area contributed by atoms with Crippen LogP contribution in [-0.4, -0.2) is 69.4 Å². The highest BCUT2D eigenvalue weighted by Crippen LogP contribution is 2.30. The third-order valence-electron chi connectivity index (χ3n) is 5.89. The molecule has 8 heteroatoms. The molecule has 4 rings (SSSR count). The van der Waals surface area contributed by atoms with Crippen LogP contribution in [0.1, 0.15) is 15.9 Å². The first-order valence-electron chi connectivity index (χ1n) is 11.4. The first-order chi connectivity index (χ1) is 16.6. The Balaban J connectivity index is 1.60. The molecule has 1 fully saturated rings. The van der Waals surface area contributed by atoms with Crippen molar-refractivity contribution in [3.8, 4) is 17.1 Å². The Morgan fingerprint density at radius 3 is 2.53 bits per heavy atom. The maximum atomic E-state index is 13.0. The lowest BCUT2D eigenvalue weighted by molar-refractivity contribution is 0.0937. The maximum absolute atomic E-state index is 13.0. The van der Waals surface area contributed by atoms with Crippen LogP contribution in [0.15, 0.2) is 54.7 Å². The topological polar surface area (TPSA) is 79.8 Å². The van der Waals surface area contributed by atoms with Crippen molar-refractivity contribution in [2.75, 3.05) is 63.4 Å². The molecule has 0 bridgehead atoms. The van der Waals surface area contributed by atoms with Gasteiger partial charge in [0.25, 0.3) is 5.91 Å². The first kappa shape index (κ1) is 23.5. The number of rotatable bonds is 8. The minimum atomic E-state index is -0.199. The Hall–Kier alpha value is -3.65. The monoisotopic (exact) mass is 461 g/mol. The summed E-state index contributed by atoms with van der Waals surface area (Å²) in [5.41, 5.74) is 3.61. The average Bonchev–Trinajstić information content (AvgIpc) is 2.88. The van der Waals surface area contributed by atoms with Gasteiger partial charge in [-0.15, -0.1) is 0 Å². The van der Waals surface area contributed by atoms with Crippen molar-refractivity contribution in [3.63, 3.8) is 0 Å². The Labute approximate surface area is 200 Å². The van der Waals surface area contributed by atoms with Crippen LogP contribution in [0, 0.1) is 6.92 Å². The number of carbonyl (C=O) groups excluding carboxylic acids is 1. The Bertz CT molecular complexity index is 1130. The predicted octanol–water partition coefficient (Wildman–Crippen LogP) is 3.16. The number of nitrogens with one attached hydrogen (secondary N) is 1. The molecule has 1 saturated heterocycles. The van der Waals surface area contributed by atoms with E-state index in [4.69, 9.17) is 14.5 Å². The second kappa shape index (κ2) is 11.0. The van der Waals surface area contributed by atoms with Crippen molar-refractivity contribution in [1.29, 1.82) is 0 Å². The number of anilines is 2. The van der Waals surface area contributed by atoms with Crippen molar-refractivity contribution < 1.29 is 14.3 Å². The number of nitrogens with zero attached hydrogens (tertiary/aromatic N) is 4. The van der Waals surface area contributed by atoms with Gasteiger partial charge in [0.1, 0.15) is 17.1 Å². The van der Waals surface area contributed by atoms with Crippen LogP contribution < -0.4 is 19.9 Å². The SMILES string of the molecule is COCCNC(=O)c1cnc(-c2cccc(C)c2)nc1N1CCN(c2ccccc2OC)CC1. The maximum Gasteiger partial charge on any atom is 0.256 e. The molecule has 1 amide bonds. The molecule has 178 valence electrons. The van der Waals surface area contributed by atoms with E-state index >= 15 is 0 Å². The van der Waals surface area contributed by atoms with E-state index in [0.29, 0.717) is 30.4 Å². The number of ether oxygens (including phenoxy) is 2. The highest BCUT2D eigenvalue weighted by atomic mass is 16.5. The van der Waals surface area contributed by atoms with Gasteiger partial charge in [-0.05, 0) is 25.1 Å². The zero-order valence-corrected chi connectivity index (χ0v) is 20.0. The number of aryl methyl sites for hydroxylation is 1. The molecule has 0 spiro atoms. The number of hydrogen-bond donors (Lipinski definition) is 1. The molecule has 0 unspecified atom stereocenters. The van der Waals surface area contributed by atoms with Crippen LogP contribution in [-0.2, 0) is 4.74 Å². The van der Waals surface area contributed by atoms with Crippen LogP contribution >= 0.6 is 0 Å². The Kier molecular flexibility index (Phi) is 7.59. The number of amides is 1. The Morgan fingerprint density at radius 1 is 1.03 bits per heavy atom. The quantitative estimate of drug-likeness (QED) is 0.516. The molecular formula is C26H31N5O3. The largest absolute Gasteiger partial charge is 0.495 e. The van der Waals surface area contributed by atoms with Crippen molar-refractivity contribution in [1.82, 2.24) is 15.3 Å². The number of hydrogen-bond acceptors (Lipinski definition) is 7. The standard InChI is InChI=1S/C26H31N5O3/c1-19-7-6-8-20(17-19)24-28-18-21(26(32)27-11-16-33-2)25(29-24)31-14-12-30(13-15-31)22-9-4-5-10-23(22)34-3/h4-10,17-18H,11-16H2,1-3H3,(H,27,32). The van der Waals surface area contributed by atoms with E-state index in [2.05, 4.69) is 32.2 Å². The smallest absolute Gasteiger partial charge is 0.256 e. The second-order valence-corrected chi connectivity index (χ2v) is 8.20. The summed E-state index contributed by atoms with van der Waals surface area (Å²) in [6.07, 6.45) is 1.63. The number of benzene rings is 2. The molecule has 0 saturated carbocycles. The van der Waals surface area contributed by atoms with Crippen LogP contribution in [0.4, 0.5) is 11.5 Å². The molecular weight excluding hydrogens is 430 g/mol. The molecule has 2 heterocycles. The third-order valence-corrected chi connectivity index (χ3v) is 5.89. The van der Waals surface area contributed by atoms with Crippen molar-refractivity contribution >= 4 is 17.4 Å². The number of methoxy groups -OCH3 is 2. The van der Waals surface area contributed by atoms with Gasteiger partial charge in [-0.25, -0.2) is 9.97 Å². The predicted molar refractivity (Wildman–Crippen MR) is 134 cm³/mol. The molecule has 1 aliphatic heterocycles. The van der Waals surface area contributed by atoms with Crippen LogP contribution in [0.3, 0.4) is 0 Å². The summed E-state index contributed by atoms with van der Waals surface area (Å²) in [5, 5.41) is 2.90. The zero-order valence-electron chi connectivity index (χ0n) is 20.0. The van der Waals surface area contributed by atoms with Gasteiger partial charge < -0.3 is 24.6 Å². The van der Waals surface area contributed by atoms with Crippen LogP contribution in [0.5, 0.6) is 5.75 Å². The molecule has 34 heavy (non-hydrogen) atoms. The normalized spacial score (nSPS) is 13.6. The summed E-state index contributed by atoms with van der Waals surface area (Å²) >= 11 is 0. The molecule has 1 aromatic heterocycles. The zero-order chi connectivity index (χ0) is 23.9. The lowest BCUT2D eigenvalue weighted by Crippen LogP contribution is -2.47. The number of para-hydroxylation sites is 2. The molecule has 0 atom stereocenters. The minimum absolute atomic E-state index is 0.199. The third kappa shape index (κ3) is 5.28. The van der Waals surface area contributed by atoms with Crippen molar-refractivity contribution in [3.05, 3.63) is 65.9 Å². The summed E-state index contributed by atoms with van der Waals surface area (Å²) < 4.78 is 10.6. The molecule has 3 aromatic rings. The van der Waals surface area contributed by atoms with Crippen molar-refractivity contribution in [2.24, 2.45) is 0 Å². The van der Waals surface area contributed by atoms with Gasteiger partial charge in [0, 0.05) is 51.6 Å². The fourth-order valence-corrected chi connectivity index (χ4v) is 4.11. The van der Waals surface area contributed by atoms with Gasteiger partial charge in [0.2, 0.25) is 0 Å². The Morgan fingerprint density at radius 2 is 1.79 bits per heavy atom.